The van der Waals surface area contributed by atoms with E-state index in [1.165, 1.54) is 24.3 Å². The molecule has 0 radical (unpaired) electrons. The van der Waals surface area contributed by atoms with E-state index in [4.69, 9.17) is 5.11 Å². The highest BCUT2D eigenvalue weighted by Gasteiger charge is 2.09. The molecule has 4 nitrogen and oxygen atoms in total. The number of carboxylic acid groups (broad SMARTS) is 1. The zero-order chi connectivity index (χ0) is 13.3. The highest BCUT2D eigenvalue weighted by molar-refractivity contribution is 5.90. The molecule has 94 valence electrons. The van der Waals surface area contributed by atoms with Gasteiger partial charge in [0.2, 0.25) is 0 Å². The number of allylic oxidation sites excluding steroid dienone is 3. The molecule has 17 heavy (non-hydrogen) atoms. The molecule has 2 atom stereocenters. The summed E-state index contributed by atoms with van der Waals surface area (Å²) in [5.74, 6) is -1.01. The molecule has 0 fully saturated rings. The summed E-state index contributed by atoms with van der Waals surface area (Å²) in [5, 5.41) is 27.3. The maximum Gasteiger partial charge on any atom is 0.335 e. The van der Waals surface area contributed by atoms with Gasteiger partial charge in [-0.2, -0.15) is 0 Å². The number of carbonyl (C=O) groups is 1. The highest BCUT2D eigenvalue weighted by Crippen LogP contribution is 2.03. The van der Waals surface area contributed by atoms with Crippen LogP contribution in [0, 0.1) is 0 Å². The van der Waals surface area contributed by atoms with Gasteiger partial charge in [0, 0.05) is 0 Å². The molecule has 4 heteroatoms. The van der Waals surface area contributed by atoms with Crippen LogP contribution in [0.15, 0.2) is 48.6 Å². The minimum atomic E-state index is -1.01. The molecule has 0 bridgehead atoms. The summed E-state index contributed by atoms with van der Waals surface area (Å²) < 4.78 is 0. The summed E-state index contributed by atoms with van der Waals surface area (Å²) in [6.45, 7) is 5.08. The van der Waals surface area contributed by atoms with Gasteiger partial charge in [-0.3, -0.25) is 0 Å². The minimum Gasteiger partial charge on any atom is -0.478 e. The first-order chi connectivity index (χ1) is 8.02. The molecule has 0 aromatic heterocycles. The van der Waals surface area contributed by atoms with Crippen molar-refractivity contribution in [2.75, 3.05) is 0 Å². The summed E-state index contributed by atoms with van der Waals surface area (Å²) in [6.07, 6.45) is 7.22. The van der Waals surface area contributed by atoms with E-state index in [1.807, 2.05) is 0 Å². The van der Waals surface area contributed by atoms with Crippen LogP contribution in [-0.4, -0.2) is 33.5 Å². The van der Waals surface area contributed by atoms with Gasteiger partial charge in [0.1, 0.15) is 0 Å². The quantitative estimate of drug-likeness (QED) is 0.356. The predicted molar refractivity (Wildman–Crippen MR) is 66.5 cm³/mol. The summed E-state index contributed by atoms with van der Waals surface area (Å²) in [7, 11) is 0. The average Bonchev–Trinajstić information content (AvgIpc) is 2.31. The van der Waals surface area contributed by atoms with Crippen molar-refractivity contribution in [1.82, 2.24) is 0 Å². The molecule has 0 rings (SSSR count). The number of rotatable bonds is 7. The van der Waals surface area contributed by atoms with Crippen LogP contribution in [-0.2, 0) is 4.79 Å². The predicted octanol–water partition coefficient (Wildman–Crippen LogP) is 1.43. The molecule has 3 N–H and O–H groups in total. The second-order valence-electron chi connectivity index (χ2n) is 3.38. The molecule has 0 unspecified atom stereocenters. The lowest BCUT2D eigenvalue weighted by atomic mass is 10.1. The standard InChI is InChI=1S/C13H18O4/c1-3-7-10(13(16)17)8-5-6-9-12(15)11(14)4-2/h3-8,11-12,14-15H,2,9H2,1H3,(H,16,17)/b6-5+,7-3+,10-8-/t11-,12+/m1/s1. The van der Waals surface area contributed by atoms with Crippen molar-refractivity contribution in [2.45, 2.75) is 25.6 Å². The van der Waals surface area contributed by atoms with E-state index in [0.717, 1.165) is 0 Å². The van der Waals surface area contributed by atoms with Gasteiger partial charge in [0.05, 0.1) is 17.8 Å². The van der Waals surface area contributed by atoms with Crippen LogP contribution in [0.4, 0.5) is 0 Å². The van der Waals surface area contributed by atoms with Gasteiger partial charge in [0.15, 0.2) is 0 Å². The number of aliphatic carboxylic acids is 1. The van der Waals surface area contributed by atoms with Crippen molar-refractivity contribution in [3.8, 4) is 0 Å². The van der Waals surface area contributed by atoms with E-state index in [-0.39, 0.29) is 12.0 Å². The fourth-order valence-electron chi connectivity index (χ4n) is 1.06. The Morgan fingerprint density at radius 3 is 2.53 bits per heavy atom. The number of carboxylic acids is 1. The third-order valence-electron chi connectivity index (χ3n) is 2.02. The molecular weight excluding hydrogens is 220 g/mol. The third kappa shape index (κ3) is 6.50. The summed E-state index contributed by atoms with van der Waals surface area (Å²) >= 11 is 0. The molecule has 0 spiro atoms. The average molecular weight is 238 g/mol. The summed E-state index contributed by atoms with van der Waals surface area (Å²) in [6, 6.07) is 0. The Balaban J connectivity index is 4.38. The maximum atomic E-state index is 10.7. The molecule has 0 heterocycles. The molecule has 0 aliphatic heterocycles. The fraction of sp³-hybridized carbons (Fsp3) is 0.308. The van der Waals surface area contributed by atoms with Crippen LogP contribution < -0.4 is 0 Å². The van der Waals surface area contributed by atoms with Crippen molar-refractivity contribution in [3.63, 3.8) is 0 Å². The molecular formula is C13H18O4. The maximum absolute atomic E-state index is 10.7. The van der Waals surface area contributed by atoms with Gasteiger partial charge in [-0.1, -0.05) is 30.4 Å². The highest BCUT2D eigenvalue weighted by atomic mass is 16.4. The van der Waals surface area contributed by atoms with Gasteiger partial charge in [-0.05, 0) is 19.4 Å². The Kier molecular flexibility index (Phi) is 7.67. The van der Waals surface area contributed by atoms with E-state index in [9.17, 15) is 15.0 Å². The smallest absolute Gasteiger partial charge is 0.335 e. The first-order valence-electron chi connectivity index (χ1n) is 5.24. The van der Waals surface area contributed by atoms with Gasteiger partial charge < -0.3 is 15.3 Å². The Morgan fingerprint density at radius 1 is 1.41 bits per heavy atom. The molecule has 0 aliphatic rings. The Morgan fingerprint density at radius 2 is 2.06 bits per heavy atom. The van der Waals surface area contributed by atoms with Gasteiger partial charge in [0.25, 0.3) is 0 Å². The summed E-state index contributed by atoms with van der Waals surface area (Å²) in [5.41, 5.74) is 0.155. The van der Waals surface area contributed by atoms with E-state index in [2.05, 4.69) is 6.58 Å². The zero-order valence-corrected chi connectivity index (χ0v) is 9.78. The normalized spacial score (nSPS) is 16.3. The van der Waals surface area contributed by atoms with E-state index >= 15 is 0 Å². The largest absolute Gasteiger partial charge is 0.478 e. The Bertz CT molecular complexity index is 339. The van der Waals surface area contributed by atoms with Crippen molar-refractivity contribution in [1.29, 1.82) is 0 Å². The number of hydrogen-bond donors (Lipinski definition) is 3. The minimum absolute atomic E-state index is 0.155. The number of aliphatic hydroxyl groups excluding tert-OH is 2. The lowest BCUT2D eigenvalue weighted by molar-refractivity contribution is -0.132. The SMILES string of the molecule is C=C[C@@H](O)[C@@H](O)C/C=C/C=C(/C=C/C)C(=O)O. The first kappa shape index (κ1) is 15.3. The van der Waals surface area contributed by atoms with Gasteiger partial charge in [-0.15, -0.1) is 6.58 Å². The van der Waals surface area contributed by atoms with Crippen molar-refractivity contribution in [2.24, 2.45) is 0 Å². The van der Waals surface area contributed by atoms with E-state index < -0.39 is 18.2 Å². The zero-order valence-electron chi connectivity index (χ0n) is 9.78. The van der Waals surface area contributed by atoms with Crippen LogP contribution in [0.2, 0.25) is 0 Å². The fourth-order valence-corrected chi connectivity index (χ4v) is 1.06. The Hall–Kier alpha value is -1.65. The van der Waals surface area contributed by atoms with Gasteiger partial charge in [-0.25, -0.2) is 4.79 Å². The van der Waals surface area contributed by atoms with Crippen LogP contribution in [0.5, 0.6) is 0 Å². The third-order valence-corrected chi connectivity index (χ3v) is 2.02. The van der Waals surface area contributed by atoms with Crippen LogP contribution in [0.1, 0.15) is 13.3 Å². The van der Waals surface area contributed by atoms with Crippen molar-refractivity contribution >= 4 is 5.97 Å². The lowest BCUT2D eigenvalue weighted by Crippen LogP contribution is -2.22. The first-order valence-corrected chi connectivity index (χ1v) is 5.24. The van der Waals surface area contributed by atoms with Gasteiger partial charge >= 0.3 is 5.97 Å². The van der Waals surface area contributed by atoms with Crippen LogP contribution in [0.25, 0.3) is 0 Å². The topological polar surface area (TPSA) is 77.8 Å². The van der Waals surface area contributed by atoms with Crippen molar-refractivity contribution < 1.29 is 20.1 Å². The second-order valence-corrected chi connectivity index (χ2v) is 3.38. The number of aliphatic hydroxyl groups is 2. The number of hydrogen-bond acceptors (Lipinski definition) is 3. The summed E-state index contributed by atoms with van der Waals surface area (Å²) in [4.78, 5) is 10.7. The molecule has 0 saturated carbocycles. The van der Waals surface area contributed by atoms with Crippen LogP contribution >= 0.6 is 0 Å². The molecule has 0 aliphatic carbocycles. The Labute approximate surface area is 101 Å². The van der Waals surface area contributed by atoms with Crippen molar-refractivity contribution in [3.05, 3.63) is 48.6 Å². The molecule has 0 aromatic rings. The molecule has 0 aromatic carbocycles. The molecule has 0 amide bonds. The van der Waals surface area contributed by atoms with E-state index in [1.54, 1.807) is 19.1 Å². The molecule has 0 saturated heterocycles. The second kappa shape index (κ2) is 8.50. The van der Waals surface area contributed by atoms with E-state index in [0.29, 0.717) is 0 Å². The lowest BCUT2D eigenvalue weighted by Gasteiger charge is -2.10. The van der Waals surface area contributed by atoms with Crippen LogP contribution in [0.3, 0.4) is 0 Å². The monoisotopic (exact) mass is 238 g/mol.